The maximum absolute atomic E-state index is 12.1. The monoisotopic (exact) mass is 284 g/mol. The molecule has 5 nitrogen and oxygen atoms in total. The van der Waals surface area contributed by atoms with Crippen LogP contribution in [0.1, 0.15) is 35.2 Å². The average Bonchev–Trinajstić information content (AvgIpc) is 2.55. The summed E-state index contributed by atoms with van der Waals surface area (Å²) < 4.78 is 0. The van der Waals surface area contributed by atoms with E-state index in [1.807, 2.05) is 18.2 Å². The van der Waals surface area contributed by atoms with Crippen LogP contribution >= 0.6 is 0 Å². The molecule has 1 aromatic heterocycles. The number of rotatable bonds is 6. The third-order valence-corrected chi connectivity index (χ3v) is 3.45. The van der Waals surface area contributed by atoms with E-state index in [9.17, 15) is 4.79 Å². The predicted octanol–water partition coefficient (Wildman–Crippen LogP) is 2.29. The minimum absolute atomic E-state index is 0.148. The van der Waals surface area contributed by atoms with Gasteiger partial charge < -0.3 is 10.7 Å². The van der Waals surface area contributed by atoms with E-state index in [-0.39, 0.29) is 5.91 Å². The second-order valence-corrected chi connectivity index (χ2v) is 4.92. The quantitative estimate of drug-likeness (QED) is 0.561. The Hall–Kier alpha value is -2.40. The van der Waals surface area contributed by atoms with Gasteiger partial charge in [0.2, 0.25) is 0 Å². The molecule has 0 bridgehead atoms. The molecule has 0 aliphatic heterocycles. The molecule has 1 amide bonds. The molecule has 0 spiro atoms. The fourth-order valence-electron chi connectivity index (χ4n) is 2.15. The van der Waals surface area contributed by atoms with Gasteiger partial charge in [0.1, 0.15) is 0 Å². The Bertz CT molecular complexity index is 586. The van der Waals surface area contributed by atoms with Gasteiger partial charge in [-0.1, -0.05) is 37.3 Å². The van der Waals surface area contributed by atoms with Crippen LogP contribution in [0.4, 0.5) is 5.69 Å². The predicted molar refractivity (Wildman–Crippen MR) is 83.9 cm³/mol. The largest absolute Gasteiger partial charge is 0.352 e. The van der Waals surface area contributed by atoms with Gasteiger partial charge in [-0.05, 0) is 24.0 Å². The number of carbonyl (C=O) groups excluding carboxylic acids is 1. The molecule has 1 unspecified atom stereocenters. The fraction of sp³-hybridized carbons (Fsp3) is 0.250. The molecule has 0 radical (unpaired) electrons. The number of nitrogens with zero attached hydrogens (tertiary/aromatic N) is 1. The van der Waals surface area contributed by atoms with Gasteiger partial charge in [-0.3, -0.25) is 15.6 Å². The molecule has 5 heteroatoms. The number of hydrazine groups is 1. The number of hydrogen-bond acceptors (Lipinski definition) is 4. The maximum atomic E-state index is 12.1. The molecule has 2 aromatic rings. The molecule has 0 saturated carbocycles. The molecule has 110 valence electrons. The highest BCUT2D eigenvalue weighted by atomic mass is 16.1. The zero-order valence-corrected chi connectivity index (χ0v) is 12.0. The van der Waals surface area contributed by atoms with Crippen LogP contribution in [-0.2, 0) is 0 Å². The third-order valence-electron chi connectivity index (χ3n) is 3.45. The summed E-state index contributed by atoms with van der Waals surface area (Å²) in [5.41, 5.74) is 4.78. The van der Waals surface area contributed by atoms with E-state index in [0.717, 1.165) is 6.42 Å². The Labute approximate surface area is 124 Å². The lowest BCUT2D eigenvalue weighted by Crippen LogP contribution is -2.27. The number of amides is 1. The van der Waals surface area contributed by atoms with E-state index in [1.165, 1.54) is 11.8 Å². The number of carbonyl (C=O) groups is 1. The van der Waals surface area contributed by atoms with Crippen LogP contribution in [0.15, 0.2) is 48.8 Å². The van der Waals surface area contributed by atoms with E-state index in [4.69, 9.17) is 5.84 Å². The lowest BCUT2D eigenvalue weighted by atomic mass is 9.98. The summed E-state index contributed by atoms with van der Waals surface area (Å²) in [7, 11) is 0. The first kappa shape index (κ1) is 15.0. The van der Waals surface area contributed by atoms with Crippen molar-refractivity contribution < 1.29 is 4.79 Å². The molecule has 21 heavy (non-hydrogen) atoms. The molecule has 0 aliphatic carbocycles. The summed E-state index contributed by atoms with van der Waals surface area (Å²) in [6.45, 7) is 2.77. The second kappa shape index (κ2) is 7.40. The van der Waals surface area contributed by atoms with Gasteiger partial charge in [0.15, 0.2) is 0 Å². The highest BCUT2D eigenvalue weighted by Gasteiger charge is 2.11. The average molecular weight is 284 g/mol. The van der Waals surface area contributed by atoms with Crippen molar-refractivity contribution in [1.82, 2.24) is 10.3 Å². The fourth-order valence-corrected chi connectivity index (χ4v) is 2.15. The number of nitrogens with one attached hydrogen (secondary N) is 2. The Morgan fingerprint density at radius 1 is 1.29 bits per heavy atom. The van der Waals surface area contributed by atoms with Crippen LogP contribution in [-0.4, -0.2) is 17.4 Å². The lowest BCUT2D eigenvalue weighted by molar-refractivity contribution is 0.0953. The Morgan fingerprint density at radius 2 is 2.05 bits per heavy atom. The normalized spacial score (nSPS) is 11.7. The van der Waals surface area contributed by atoms with E-state index in [1.54, 1.807) is 12.3 Å². The van der Waals surface area contributed by atoms with Gasteiger partial charge >= 0.3 is 0 Å². The van der Waals surface area contributed by atoms with Crippen LogP contribution < -0.4 is 16.6 Å². The van der Waals surface area contributed by atoms with Gasteiger partial charge in [0, 0.05) is 12.7 Å². The van der Waals surface area contributed by atoms with Crippen LogP contribution in [0.25, 0.3) is 0 Å². The van der Waals surface area contributed by atoms with E-state index < -0.39 is 0 Å². The van der Waals surface area contributed by atoms with E-state index in [2.05, 4.69) is 34.8 Å². The zero-order valence-electron chi connectivity index (χ0n) is 12.0. The van der Waals surface area contributed by atoms with Gasteiger partial charge in [-0.25, -0.2) is 0 Å². The molecule has 0 fully saturated rings. The van der Waals surface area contributed by atoms with Crippen LogP contribution in [0.3, 0.4) is 0 Å². The lowest BCUT2D eigenvalue weighted by Gasteiger charge is -2.13. The Kier molecular flexibility index (Phi) is 5.29. The summed E-state index contributed by atoms with van der Waals surface area (Å²) in [5, 5.41) is 2.91. The molecule has 0 saturated heterocycles. The highest BCUT2D eigenvalue weighted by molar-refractivity contribution is 5.99. The van der Waals surface area contributed by atoms with Crippen molar-refractivity contribution in [2.75, 3.05) is 12.0 Å². The summed E-state index contributed by atoms with van der Waals surface area (Å²) >= 11 is 0. The topological polar surface area (TPSA) is 80.0 Å². The Morgan fingerprint density at radius 3 is 2.76 bits per heavy atom. The zero-order chi connectivity index (χ0) is 15.1. The summed E-state index contributed by atoms with van der Waals surface area (Å²) in [4.78, 5) is 16.0. The van der Waals surface area contributed by atoms with Crippen molar-refractivity contribution in [3.63, 3.8) is 0 Å². The highest BCUT2D eigenvalue weighted by Crippen LogP contribution is 2.18. The smallest absolute Gasteiger partial charge is 0.253 e. The SMILES string of the molecule is CC(CCNC(=O)c1ccncc1NN)c1ccccc1. The first-order chi connectivity index (χ1) is 10.2. The van der Waals surface area contributed by atoms with Crippen molar-refractivity contribution in [1.29, 1.82) is 0 Å². The third kappa shape index (κ3) is 4.03. The molecule has 4 N–H and O–H groups in total. The minimum Gasteiger partial charge on any atom is -0.352 e. The van der Waals surface area contributed by atoms with Crippen LogP contribution in [0.5, 0.6) is 0 Å². The minimum atomic E-state index is -0.148. The number of nitrogen functional groups attached to an aromatic ring is 1. The molecular weight excluding hydrogens is 264 g/mol. The van der Waals surface area contributed by atoms with Crippen molar-refractivity contribution in [2.24, 2.45) is 5.84 Å². The van der Waals surface area contributed by atoms with Crippen LogP contribution in [0.2, 0.25) is 0 Å². The summed E-state index contributed by atoms with van der Waals surface area (Å²) in [5.74, 6) is 5.62. The van der Waals surface area contributed by atoms with E-state index >= 15 is 0 Å². The summed E-state index contributed by atoms with van der Waals surface area (Å²) in [6.07, 6.45) is 3.98. The molecular formula is C16H20N4O. The second-order valence-electron chi connectivity index (χ2n) is 4.92. The van der Waals surface area contributed by atoms with Crippen molar-refractivity contribution in [3.05, 3.63) is 59.9 Å². The van der Waals surface area contributed by atoms with Crippen molar-refractivity contribution in [2.45, 2.75) is 19.3 Å². The number of anilines is 1. The maximum Gasteiger partial charge on any atom is 0.253 e. The Balaban J connectivity index is 1.87. The van der Waals surface area contributed by atoms with Gasteiger partial charge in [-0.2, -0.15) is 0 Å². The van der Waals surface area contributed by atoms with Gasteiger partial charge in [0.05, 0.1) is 17.4 Å². The summed E-state index contributed by atoms with van der Waals surface area (Å²) in [6, 6.07) is 11.9. The van der Waals surface area contributed by atoms with E-state index in [0.29, 0.717) is 23.7 Å². The van der Waals surface area contributed by atoms with Crippen molar-refractivity contribution in [3.8, 4) is 0 Å². The number of pyridine rings is 1. The number of aromatic nitrogens is 1. The molecule has 1 atom stereocenters. The van der Waals surface area contributed by atoms with Gasteiger partial charge in [0.25, 0.3) is 5.91 Å². The number of nitrogens with two attached hydrogens (primary N) is 1. The molecule has 2 rings (SSSR count). The molecule has 1 aromatic carbocycles. The first-order valence-electron chi connectivity index (χ1n) is 6.96. The standard InChI is InChI=1S/C16H20N4O/c1-12(13-5-3-2-4-6-13)7-10-19-16(21)14-8-9-18-11-15(14)20-17/h2-6,8-9,11-12,20H,7,10,17H2,1H3,(H,19,21). The number of benzene rings is 1. The molecule has 1 heterocycles. The van der Waals surface area contributed by atoms with Gasteiger partial charge in [-0.15, -0.1) is 0 Å². The van der Waals surface area contributed by atoms with Crippen molar-refractivity contribution >= 4 is 11.6 Å². The first-order valence-corrected chi connectivity index (χ1v) is 6.96. The number of hydrogen-bond donors (Lipinski definition) is 3. The molecule has 0 aliphatic rings. The van der Waals surface area contributed by atoms with Crippen LogP contribution in [0, 0.1) is 0 Å².